The summed E-state index contributed by atoms with van der Waals surface area (Å²) >= 11 is 0. The molecule has 0 radical (unpaired) electrons. The van der Waals surface area contributed by atoms with Gasteiger partial charge in [-0.3, -0.25) is 9.78 Å². The molecule has 2 unspecified atom stereocenters. The van der Waals surface area contributed by atoms with Crippen molar-refractivity contribution < 1.29 is 4.79 Å². The molecule has 23 heavy (non-hydrogen) atoms. The van der Waals surface area contributed by atoms with Crippen molar-refractivity contribution in [1.29, 1.82) is 0 Å². The van der Waals surface area contributed by atoms with Crippen LogP contribution in [0.5, 0.6) is 0 Å². The van der Waals surface area contributed by atoms with E-state index >= 15 is 0 Å². The molecule has 3 rings (SSSR count). The van der Waals surface area contributed by atoms with Gasteiger partial charge in [-0.2, -0.15) is 0 Å². The van der Waals surface area contributed by atoms with Gasteiger partial charge in [0.25, 0.3) is 0 Å². The van der Waals surface area contributed by atoms with Crippen molar-refractivity contribution in [2.75, 3.05) is 7.05 Å². The van der Waals surface area contributed by atoms with Gasteiger partial charge in [0.15, 0.2) is 0 Å². The van der Waals surface area contributed by atoms with Crippen LogP contribution >= 0.6 is 0 Å². The number of nitrogens with zero attached hydrogens (tertiary/aromatic N) is 2. The molecule has 1 aromatic heterocycles. The molecule has 3 heteroatoms. The van der Waals surface area contributed by atoms with E-state index in [1.807, 2.05) is 30.3 Å². The normalized spacial score (nSPS) is 18.1. The average Bonchev–Trinajstić information content (AvgIpc) is 2.61. The van der Waals surface area contributed by atoms with Crippen molar-refractivity contribution in [2.24, 2.45) is 0 Å². The smallest absolute Gasteiger partial charge is 0.223 e. The molecule has 1 amide bonds. The standard InChI is InChI=1S/C20H24N2O/c1-15(18-10-6-12-21-14-18)22(2)20(23)13-17-9-5-8-16-7-3-4-11-19(16)17/h3-4,6-7,10-12,14-15,17H,5,8-9,13H2,1-2H3. The van der Waals surface area contributed by atoms with Gasteiger partial charge in [-0.1, -0.05) is 30.3 Å². The number of carbonyl (C=O) groups excluding carboxylic acids is 1. The van der Waals surface area contributed by atoms with Gasteiger partial charge in [-0.15, -0.1) is 0 Å². The second kappa shape index (κ2) is 6.95. The Morgan fingerprint density at radius 2 is 2.13 bits per heavy atom. The molecule has 120 valence electrons. The Bertz CT molecular complexity index is 668. The fourth-order valence-corrected chi connectivity index (χ4v) is 3.48. The molecule has 3 nitrogen and oxygen atoms in total. The molecular formula is C20H24N2O. The summed E-state index contributed by atoms with van der Waals surface area (Å²) in [6, 6.07) is 12.6. The van der Waals surface area contributed by atoms with Crippen LogP contribution in [0.2, 0.25) is 0 Å². The van der Waals surface area contributed by atoms with Crippen LogP contribution in [0.3, 0.4) is 0 Å². The predicted octanol–water partition coefficient (Wildman–Crippen LogP) is 4.11. The summed E-state index contributed by atoms with van der Waals surface area (Å²) < 4.78 is 0. The van der Waals surface area contributed by atoms with E-state index in [-0.39, 0.29) is 11.9 Å². The van der Waals surface area contributed by atoms with E-state index in [0.29, 0.717) is 12.3 Å². The van der Waals surface area contributed by atoms with Crippen LogP contribution in [0, 0.1) is 0 Å². The van der Waals surface area contributed by atoms with Gasteiger partial charge in [0.2, 0.25) is 5.91 Å². The predicted molar refractivity (Wildman–Crippen MR) is 92.2 cm³/mol. The van der Waals surface area contributed by atoms with E-state index in [0.717, 1.165) is 18.4 Å². The lowest BCUT2D eigenvalue weighted by molar-refractivity contribution is -0.132. The van der Waals surface area contributed by atoms with Crippen molar-refractivity contribution >= 4 is 5.91 Å². The van der Waals surface area contributed by atoms with Crippen molar-refractivity contribution in [3.8, 4) is 0 Å². The van der Waals surface area contributed by atoms with Gasteiger partial charge in [-0.05, 0) is 54.9 Å². The maximum absolute atomic E-state index is 12.7. The summed E-state index contributed by atoms with van der Waals surface area (Å²) in [7, 11) is 1.90. The van der Waals surface area contributed by atoms with Crippen LogP contribution in [0.1, 0.15) is 54.8 Å². The molecule has 1 aliphatic carbocycles. The van der Waals surface area contributed by atoms with E-state index in [2.05, 4.69) is 36.2 Å². The molecule has 0 aliphatic heterocycles. The molecule has 1 heterocycles. The second-order valence-electron chi connectivity index (χ2n) is 6.46. The molecule has 2 atom stereocenters. The van der Waals surface area contributed by atoms with Crippen molar-refractivity contribution in [3.63, 3.8) is 0 Å². The van der Waals surface area contributed by atoms with Crippen molar-refractivity contribution in [2.45, 2.75) is 44.6 Å². The number of pyridine rings is 1. The Morgan fingerprint density at radius 3 is 2.91 bits per heavy atom. The zero-order valence-corrected chi connectivity index (χ0v) is 13.9. The third-order valence-corrected chi connectivity index (χ3v) is 5.06. The minimum Gasteiger partial charge on any atom is -0.339 e. The van der Waals surface area contributed by atoms with Crippen molar-refractivity contribution in [3.05, 3.63) is 65.5 Å². The number of fused-ring (bicyclic) bond motifs is 1. The highest BCUT2D eigenvalue weighted by molar-refractivity contribution is 5.77. The maximum Gasteiger partial charge on any atom is 0.223 e. The molecular weight excluding hydrogens is 284 g/mol. The highest BCUT2D eigenvalue weighted by Crippen LogP contribution is 2.34. The maximum atomic E-state index is 12.7. The van der Waals surface area contributed by atoms with Crippen LogP contribution in [0.25, 0.3) is 0 Å². The summed E-state index contributed by atoms with van der Waals surface area (Å²) in [5.74, 6) is 0.569. The Labute approximate surface area is 138 Å². The number of amides is 1. The number of carbonyl (C=O) groups is 1. The number of hydrogen-bond acceptors (Lipinski definition) is 2. The first-order chi connectivity index (χ1) is 11.2. The number of hydrogen-bond donors (Lipinski definition) is 0. The van der Waals surface area contributed by atoms with Gasteiger partial charge in [0, 0.05) is 25.9 Å². The van der Waals surface area contributed by atoms with Gasteiger partial charge < -0.3 is 4.90 Å². The topological polar surface area (TPSA) is 33.2 Å². The average molecular weight is 308 g/mol. The lowest BCUT2D eigenvalue weighted by Crippen LogP contribution is -2.31. The lowest BCUT2D eigenvalue weighted by atomic mass is 9.81. The molecule has 0 bridgehead atoms. The molecule has 0 fully saturated rings. The number of benzene rings is 1. The van der Waals surface area contributed by atoms with Crippen molar-refractivity contribution in [1.82, 2.24) is 9.88 Å². The minimum absolute atomic E-state index is 0.0510. The number of aryl methyl sites for hydroxylation is 1. The highest BCUT2D eigenvalue weighted by atomic mass is 16.2. The van der Waals surface area contributed by atoms with Crippen LogP contribution in [-0.4, -0.2) is 22.8 Å². The highest BCUT2D eigenvalue weighted by Gasteiger charge is 2.25. The van der Waals surface area contributed by atoms with Crippen LogP contribution in [0.15, 0.2) is 48.8 Å². The molecule has 0 saturated carbocycles. The summed E-state index contributed by atoms with van der Waals surface area (Å²) in [5, 5.41) is 0. The monoisotopic (exact) mass is 308 g/mol. The SMILES string of the molecule is CC(c1cccnc1)N(C)C(=O)CC1CCCc2ccccc21. The van der Waals surface area contributed by atoms with E-state index in [1.165, 1.54) is 17.5 Å². The van der Waals surface area contributed by atoms with E-state index in [9.17, 15) is 4.79 Å². The Morgan fingerprint density at radius 1 is 1.30 bits per heavy atom. The number of aromatic nitrogens is 1. The van der Waals surface area contributed by atoms with E-state index in [4.69, 9.17) is 0 Å². The Balaban J connectivity index is 1.70. The zero-order chi connectivity index (χ0) is 16.2. The van der Waals surface area contributed by atoms with Gasteiger partial charge >= 0.3 is 0 Å². The largest absolute Gasteiger partial charge is 0.339 e. The summed E-state index contributed by atoms with van der Waals surface area (Å²) in [5.41, 5.74) is 3.86. The quantitative estimate of drug-likeness (QED) is 0.851. The first-order valence-corrected chi connectivity index (χ1v) is 8.40. The molecule has 0 saturated heterocycles. The minimum atomic E-state index is 0.0510. The molecule has 0 N–H and O–H groups in total. The molecule has 1 aliphatic rings. The molecule has 2 aromatic rings. The summed E-state index contributed by atoms with van der Waals surface area (Å²) in [6.45, 7) is 2.06. The van der Waals surface area contributed by atoms with Gasteiger partial charge in [0.05, 0.1) is 6.04 Å². The second-order valence-corrected chi connectivity index (χ2v) is 6.46. The number of rotatable bonds is 4. The molecule has 1 aromatic carbocycles. The van der Waals surface area contributed by atoms with Gasteiger partial charge in [0.1, 0.15) is 0 Å². The Kier molecular flexibility index (Phi) is 4.75. The molecule has 0 spiro atoms. The van der Waals surface area contributed by atoms with Crippen LogP contribution in [0.4, 0.5) is 0 Å². The van der Waals surface area contributed by atoms with E-state index in [1.54, 1.807) is 6.20 Å². The first-order valence-electron chi connectivity index (χ1n) is 8.40. The van der Waals surface area contributed by atoms with E-state index < -0.39 is 0 Å². The Hall–Kier alpha value is -2.16. The third-order valence-electron chi connectivity index (χ3n) is 5.06. The fraction of sp³-hybridized carbons (Fsp3) is 0.400. The summed E-state index contributed by atoms with van der Waals surface area (Å²) in [4.78, 5) is 18.8. The van der Waals surface area contributed by atoms with Crippen LogP contribution < -0.4 is 0 Å². The van der Waals surface area contributed by atoms with Crippen LogP contribution in [-0.2, 0) is 11.2 Å². The van der Waals surface area contributed by atoms with Gasteiger partial charge in [-0.25, -0.2) is 0 Å². The first kappa shape index (κ1) is 15.7. The zero-order valence-electron chi connectivity index (χ0n) is 13.9. The third kappa shape index (κ3) is 3.44. The lowest BCUT2D eigenvalue weighted by Gasteiger charge is -2.29. The summed E-state index contributed by atoms with van der Waals surface area (Å²) in [6.07, 6.45) is 7.62. The fourth-order valence-electron chi connectivity index (χ4n) is 3.48.